The summed E-state index contributed by atoms with van der Waals surface area (Å²) in [6, 6.07) is 10.5. The maximum absolute atomic E-state index is 6.45. The second kappa shape index (κ2) is 3.87. The first-order valence-corrected chi connectivity index (χ1v) is 6.93. The third-order valence-electron chi connectivity index (χ3n) is 4.49. The van der Waals surface area contributed by atoms with Gasteiger partial charge in [-0.05, 0) is 25.2 Å². The number of H-pyrrole nitrogens is 1. The third kappa shape index (κ3) is 1.55. The summed E-state index contributed by atoms with van der Waals surface area (Å²) in [4.78, 5) is 5.78. The zero-order valence-corrected chi connectivity index (χ0v) is 11.1. The van der Waals surface area contributed by atoms with Crippen molar-refractivity contribution in [2.45, 2.75) is 18.4 Å². The van der Waals surface area contributed by atoms with Crippen molar-refractivity contribution in [3.8, 4) is 17.0 Å². The Bertz CT molecular complexity index is 609. The van der Waals surface area contributed by atoms with Crippen LogP contribution in [-0.4, -0.2) is 30.0 Å². The molecule has 0 unspecified atom stereocenters. The van der Waals surface area contributed by atoms with Gasteiger partial charge in [0.1, 0.15) is 11.4 Å². The number of piperidine rings is 1. The molecule has 0 bridgehead atoms. The van der Waals surface area contributed by atoms with Crippen LogP contribution in [0.4, 0.5) is 0 Å². The number of hydrogen-bond donors (Lipinski definition) is 1. The lowest BCUT2D eigenvalue weighted by Gasteiger charge is -2.43. The second-order valence-electron chi connectivity index (χ2n) is 5.66. The number of ether oxygens (including phenoxy) is 1. The molecular formula is C16H18N2O. The van der Waals surface area contributed by atoms with Crippen LogP contribution in [0.3, 0.4) is 0 Å². The molecule has 0 atom stereocenters. The topological polar surface area (TPSA) is 28.3 Å². The van der Waals surface area contributed by atoms with Gasteiger partial charge in [0.2, 0.25) is 0 Å². The lowest BCUT2D eigenvalue weighted by molar-refractivity contribution is 0.00183. The molecule has 4 rings (SSSR count). The highest BCUT2D eigenvalue weighted by molar-refractivity contribution is 5.73. The van der Waals surface area contributed by atoms with Gasteiger partial charge in [0.25, 0.3) is 0 Å². The van der Waals surface area contributed by atoms with Crippen LogP contribution in [0.5, 0.6) is 5.75 Å². The maximum atomic E-state index is 6.45. The van der Waals surface area contributed by atoms with E-state index in [1.807, 2.05) is 6.20 Å². The third-order valence-corrected chi connectivity index (χ3v) is 4.49. The molecule has 3 heterocycles. The normalized spacial score (nSPS) is 20.7. The summed E-state index contributed by atoms with van der Waals surface area (Å²) in [6.45, 7) is 2.18. The first-order valence-electron chi connectivity index (χ1n) is 6.93. The predicted octanol–water partition coefficient (Wildman–Crippen LogP) is 3.00. The highest BCUT2D eigenvalue weighted by Gasteiger charge is 2.43. The minimum atomic E-state index is -0.129. The van der Waals surface area contributed by atoms with E-state index in [2.05, 4.69) is 47.3 Å². The average Bonchev–Trinajstić information content (AvgIpc) is 2.93. The van der Waals surface area contributed by atoms with E-state index in [1.54, 1.807) is 0 Å². The van der Waals surface area contributed by atoms with E-state index >= 15 is 0 Å². The molecule has 2 aromatic rings. The van der Waals surface area contributed by atoms with Gasteiger partial charge in [-0.2, -0.15) is 0 Å². The summed E-state index contributed by atoms with van der Waals surface area (Å²) >= 11 is 0. The van der Waals surface area contributed by atoms with E-state index in [0.29, 0.717) is 0 Å². The van der Waals surface area contributed by atoms with Crippen LogP contribution in [0.1, 0.15) is 18.4 Å². The molecular weight excluding hydrogens is 236 g/mol. The van der Waals surface area contributed by atoms with Crippen molar-refractivity contribution in [1.29, 1.82) is 0 Å². The van der Waals surface area contributed by atoms with E-state index in [1.165, 1.54) is 16.8 Å². The van der Waals surface area contributed by atoms with Gasteiger partial charge in [0.05, 0.1) is 5.69 Å². The lowest BCUT2D eigenvalue weighted by Crippen LogP contribution is -2.45. The maximum Gasteiger partial charge on any atom is 0.139 e. The number of aromatic nitrogens is 1. The number of benzene rings is 1. The standard InChI is InChI=1S/C16H18N2O/c1-18-10-7-16(8-11-18)13-6-9-17-15(13)12-4-2-3-5-14(12)19-16/h2-6,9,17H,7-8,10-11H2,1H3. The van der Waals surface area contributed by atoms with Crippen LogP contribution in [0.2, 0.25) is 0 Å². The van der Waals surface area contributed by atoms with Crippen molar-refractivity contribution in [3.05, 3.63) is 42.1 Å². The number of para-hydroxylation sites is 1. The van der Waals surface area contributed by atoms with Gasteiger partial charge >= 0.3 is 0 Å². The Balaban J connectivity index is 1.86. The molecule has 2 aliphatic heterocycles. The van der Waals surface area contributed by atoms with Crippen LogP contribution in [-0.2, 0) is 5.60 Å². The van der Waals surface area contributed by atoms with Gasteiger partial charge in [-0.3, -0.25) is 0 Å². The van der Waals surface area contributed by atoms with E-state index < -0.39 is 0 Å². The van der Waals surface area contributed by atoms with Crippen molar-refractivity contribution in [2.24, 2.45) is 0 Å². The summed E-state index contributed by atoms with van der Waals surface area (Å²) in [5.41, 5.74) is 3.63. The molecule has 3 nitrogen and oxygen atoms in total. The number of aromatic amines is 1. The Morgan fingerprint density at radius 2 is 1.95 bits per heavy atom. The Hall–Kier alpha value is -1.74. The number of nitrogens with zero attached hydrogens (tertiary/aromatic N) is 1. The molecule has 1 aromatic heterocycles. The van der Waals surface area contributed by atoms with Crippen LogP contribution in [0.15, 0.2) is 36.5 Å². The molecule has 1 aromatic carbocycles. The molecule has 1 saturated heterocycles. The summed E-state index contributed by atoms with van der Waals surface area (Å²) in [6.07, 6.45) is 4.15. The zero-order valence-electron chi connectivity index (χ0n) is 11.1. The molecule has 19 heavy (non-hydrogen) atoms. The SMILES string of the molecule is CN1CCC2(CC1)Oc1ccccc1-c1[nH]ccc12. The molecule has 0 aliphatic carbocycles. The summed E-state index contributed by atoms with van der Waals surface area (Å²) in [5, 5.41) is 0. The van der Waals surface area contributed by atoms with Gasteiger partial charge in [0.15, 0.2) is 0 Å². The lowest BCUT2D eigenvalue weighted by atomic mass is 9.81. The Kier molecular flexibility index (Phi) is 2.27. The second-order valence-corrected chi connectivity index (χ2v) is 5.66. The Morgan fingerprint density at radius 1 is 1.16 bits per heavy atom. The van der Waals surface area contributed by atoms with Crippen molar-refractivity contribution in [2.75, 3.05) is 20.1 Å². The van der Waals surface area contributed by atoms with Gasteiger partial charge < -0.3 is 14.6 Å². The van der Waals surface area contributed by atoms with E-state index in [0.717, 1.165) is 31.7 Å². The largest absolute Gasteiger partial charge is 0.482 e. The highest BCUT2D eigenvalue weighted by atomic mass is 16.5. The molecule has 1 fully saturated rings. The Labute approximate surface area is 113 Å². The summed E-state index contributed by atoms with van der Waals surface area (Å²) < 4.78 is 6.45. The van der Waals surface area contributed by atoms with Crippen molar-refractivity contribution >= 4 is 0 Å². The molecule has 0 saturated carbocycles. The monoisotopic (exact) mass is 254 g/mol. The Morgan fingerprint density at radius 3 is 2.79 bits per heavy atom. The van der Waals surface area contributed by atoms with Crippen LogP contribution in [0.25, 0.3) is 11.3 Å². The fourth-order valence-electron chi connectivity index (χ4n) is 3.35. The first-order chi connectivity index (χ1) is 9.28. The minimum Gasteiger partial charge on any atom is -0.482 e. The molecule has 2 aliphatic rings. The van der Waals surface area contributed by atoms with Crippen LogP contribution < -0.4 is 4.74 Å². The van der Waals surface area contributed by atoms with Crippen molar-refractivity contribution in [3.63, 3.8) is 0 Å². The number of hydrogen-bond acceptors (Lipinski definition) is 2. The van der Waals surface area contributed by atoms with Gasteiger partial charge in [-0.25, -0.2) is 0 Å². The average molecular weight is 254 g/mol. The first kappa shape index (κ1) is 11.1. The molecule has 1 N–H and O–H groups in total. The number of likely N-dealkylation sites (tertiary alicyclic amines) is 1. The number of nitrogens with one attached hydrogen (secondary N) is 1. The predicted molar refractivity (Wildman–Crippen MR) is 75.3 cm³/mol. The number of rotatable bonds is 0. The highest BCUT2D eigenvalue weighted by Crippen LogP contribution is 2.48. The smallest absolute Gasteiger partial charge is 0.139 e. The molecule has 3 heteroatoms. The quantitative estimate of drug-likeness (QED) is 0.783. The van der Waals surface area contributed by atoms with Gasteiger partial charge in [-0.1, -0.05) is 12.1 Å². The van der Waals surface area contributed by atoms with E-state index in [-0.39, 0.29) is 5.60 Å². The zero-order chi connectivity index (χ0) is 12.9. The van der Waals surface area contributed by atoms with Crippen molar-refractivity contribution in [1.82, 2.24) is 9.88 Å². The van der Waals surface area contributed by atoms with E-state index in [4.69, 9.17) is 4.74 Å². The van der Waals surface area contributed by atoms with Crippen LogP contribution in [0, 0.1) is 0 Å². The molecule has 0 radical (unpaired) electrons. The minimum absolute atomic E-state index is 0.129. The van der Waals surface area contributed by atoms with Gasteiger partial charge in [0, 0.05) is 43.3 Å². The fraction of sp³-hybridized carbons (Fsp3) is 0.375. The molecule has 1 spiro atoms. The fourth-order valence-corrected chi connectivity index (χ4v) is 3.35. The van der Waals surface area contributed by atoms with Crippen LogP contribution >= 0.6 is 0 Å². The van der Waals surface area contributed by atoms with Crippen molar-refractivity contribution < 1.29 is 4.74 Å². The molecule has 98 valence electrons. The molecule has 0 amide bonds. The number of fused-ring (bicyclic) bond motifs is 4. The van der Waals surface area contributed by atoms with Gasteiger partial charge in [-0.15, -0.1) is 0 Å². The van der Waals surface area contributed by atoms with E-state index in [9.17, 15) is 0 Å². The summed E-state index contributed by atoms with van der Waals surface area (Å²) in [5.74, 6) is 1.02. The summed E-state index contributed by atoms with van der Waals surface area (Å²) in [7, 11) is 2.18.